The fourth-order valence-electron chi connectivity index (χ4n) is 4.10. The number of carbonyl (C=O) groups excluding carboxylic acids is 2. The SMILES string of the molecule is COC(=O)c1c(NC(=O)CSc2nnc(C(C)Oc3ccc(C(C)C)cc3)n2C)sc2c1CCC2. The molecule has 0 bridgehead atoms. The van der Waals surface area contributed by atoms with Gasteiger partial charge in [0.15, 0.2) is 17.1 Å². The van der Waals surface area contributed by atoms with Gasteiger partial charge in [-0.25, -0.2) is 4.79 Å². The zero-order valence-corrected chi connectivity index (χ0v) is 22.2. The van der Waals surface area contributed by atoms with Gasteiger partial charge < -0.3 is 19.4 Å². The molecule has 8 nitrogen and oxygen atoms in total. The van der Waals surface area contributed by atoms with Gasteiger partial charge in [0, 0.05) is 11.9 Å². The minimum Gasteiger partial charge on any atom is -0.483 e. The Labute approximate surface area is 213 Å². The summed E-state index contributed by atoms with van der Waals surface area (Å²) in [6.45, 7) is 6.23. The molecule has 3 aromatic rings. The maximum atomic E-state index is 12.7. The van der Waals surface area contributed by atoms with E-state index in [9.17, 15) is 9.59 Å². The van der Waals surface area contributed by atoms with Crippen LogP contribution < -0.4 is 10.1 Å². The van der Waals surface area contributed by atoms with E-state index in [1.165, 1.54) is 35.8 Å². The van der Waals surface area contributed by atoms with E-state index >= 15 is 0 Å². The molecule has 0 saturated carbocycles. The summed E-state index contributed by atoms with van der Waals surface area (Å²) in [4.78, 5) is 26.1. The van der Waals surface area contributed by atoms with Crippen LogP contribution in [0.1, 0.15) is 71.4 Å². The van der Waals surface area contributed by atoms with Crippen molar-refractivity contribution in [2.24, 2.45) is 7.05 Å². The standard InChI is InChI=1S/C25H30N4O4S2/c1-14(2)16-9-11-17(12-10-16)33-15(3)22-27-28-25(29(22)4)34-13-20(30)26-23-21(24(31)32-5)18-7-6-8-19(18)35-23/h9-12,14-15H,6-8,13H2,1-5H3,(H,26,30). The summed E-state index contributed by atoms with van der Waals surface area (Å²) < 4.78 is 12.8. The minimum atomic E-state index is -0.405. The van der Waals surface area contributed by atoms with Crippen LogP contribution in [0.5, 0.6) is 5.75 Å². The van der Waals surface area contributed by atoms with Crippen LogP contribution in [0.4, 0.5) is 5.00 Å². The molecule has 35 heavy (non-hydrogen) atoms. The van der Waals surface area contributed by atoms with Gasteiger partial charge in [-0.2, -0.15) is 0 Å². The van der Waals surface area contributed by atoms with Crippen LogP contribution in [0.25, 0.3) is 0 Å². The topological polar surface area (TPSA) is 95.3 Å². The van der Waals surface area contributed by atoms with Gasteiger partial charge in [-0.15, -0.1) is 21.5 Å². The average Bonchev–Trinajstić information content (AvgIpc) is 3.52. The number of amides is 1. The van der Waals surface area contributed by atoms with E-state index in [1.54, 1.807) is 0 Å². The molecule has 2 heterocycles. The molecule has 2 aromatic heterocycles. The van der Waals surface area contributed by atoms with E-state index in [4.69, 9.17) is 9.47 Å². The Hall–Kier alpha value is -2.85. The predicted molar refractivity (Wildman–Crippen MR) is 138 cm³/mol. The van der Waals surface area contributed by atoms with E-state index in [0.29, 0.717) is 27.5 Å². The van der Waals surface area contributed by atoms with Crippen molar-refractivity contribution in [3.05, 3.63) is 51.7 Å². The number of methoxy groups -OCH3 is 1. The Morgan fingerprint density at radius 3 is 2.60 bits per heavy atom. The van der Waals surface area contributed by atoms with Crippen molar-refractivity contribution in [3.63, 3.8) is 0 Å². The van der Waals surface area contributed by atoms with Crippen molar-refractivity contribution in [1.82, 2.24) is 14.8 Å². The van der Waals surface area contributed by atoms with Gasteiger partial charge in [-0.05, 0) is 55.4 Å². The van der Waals surface area contributed by atoms with Crippen LogP contribution in [0.3, 0.4) is 0 Å². The smallest absolute Gasteiger partial charge is 0.341 e. The molecule has 1 N–H and O–H groups in total. The third-order valence-electron chi connectivity index (χ3n) is 5.99. The van der Waals surface area contributed by atoms with E-state index in [-0.39, 0.29) is 17.8 Å². The summed E-state index contributed by atoms with van der Waals surface area (Å²) in [6, 6.07) is 8.06. The first-order valence-corrected chi connectivity index (χ1v) is 13.4. The molecule has 0 saturated heterocycles. The predicted octanol–water partition coefficient (Wildman–Crippen LogP) is 5.15. The Morgan fingerprint density at radius 1 is 1.17 bits per heavy atom. The normalized spacial score (nSPS) is 13.5. The molecule has 1 aliphatic carbocycles. The first-order chi connectivity index (χ1) is 16.8. The second-order valence-corrected chi connectivity index (χ2v) is 10.8. The molecule has 4 rings (SSSR count). The molecule has 1 amide bonds. The second-order valence-electron chi connectivity index (χ2n) is 8.77. The summed E-state index contributed by atoms with van der Waals surface area (Å²) in [5.41, 5.74) is 2.76. The maximum absolute atomic E-state index is 12.7. The summed E-state index contributed by atoms with van der Waals surface area (Å²) in [5.74, 6) is 1.43. The molecule has 0 radical (unpaired) electrons. The second kappa shape index (κ2) is 10.8. The lowest BCUT2D eigenvalue weighted by Gasteiger charge is -2.15. The Bertz CT molecular complexity index is 1220. The van der Waals surface area contributed by atoms with Gasteiger partial charge in [0.05, 0.1) is 18.4 Å². The Morgan fingerprint density at radius 2 is 1.91 bits per heavy atom. The largest absolute Gasteiger partial charge is 0.483 e. The number of hydrogen-bond donors (Lipinski definition) is 1. The summed E-state index contributed by atoms with van der Waals surface area (Å²) in [5, 5.41) is 12.6. The third kappa shape index (κ3) is 5.54. The number of carbonyl (C=O) groups is 2. The number of esters is 1. The van der Waals surface area contributed by atoms with Crippen LogP contribution in [0.2, 0.25) is 0 Å². The van der Waals surface area contributed by atoms with Crippen molar-refractivity contribution >= 4 is 40.0 Å². The Balaban J connectivity index is 1.37. The molecular formula is C25H30N4O4S2. The maximum Gasteiger partial charge on any atom is 0.341 e. The highest BCUT2D eigenvalue weighted by Crippen LogP contribution is 2.39. The van der Waals surface area contributed by atoms with E-state index in [2.05, 4.69) is 41.5 Å². The minimum absolute atomic E-state index is 0.140. The molecule has 0 fully saturated rings. The number of fused-ring (bicyclic) bond motifs is 1. The highest BCUT2D eigenvalue weighted by molar-refractivity contribution is 7.99. The molecule has 1 atom stereocenters. The van der Waals surface area contributed by atoms with Gasteiger partial charge in [0.25, 0.3) is 0 Å². The van der Waals surface area contributed by atoms with Crippen molar-refractivity contribution in [1.29, 1.82) is 0 Å². The van der Waals surface area contributed by atoms with Crippen molar-refractivity contribution < 1.29 is 19.1 Å². The summed E-state index contributed by atoms with van der Waals surface area (Å²) in [6.07, 6.45) is 2.48. The van der Waals surface area contributed by atoms with Gasteiger partial charge in [0.1, 0.15) is 10.8 Å². The van der Waals surface area contributed by atoms with Crippen LogP contribution in [-0.4, -0.2) is 39.5 Å². The van der Waals surface area contributed by atoms with Crippen LogP contribution in [0, 0.1) is 0 Å². The van der Waals surface area contributed by atoms with Gasteiger partial charge in [-0.1, -0.05) is 37.7 Å². The average molecular weight is 515 g/mol. The molecular weight excluding hydrogens is 484 g/mol. The van der Waals surface area contributed by atoms with E-state index in [1.807, 2.05) is 30.7 Å². The van der Waals surface area contributed by atoms with E-state index < -0.39 is 5.97 Å². The number of ether oxygens (including phenoxy) is 2. The molecule has 10 heteroatoms. The van der Waals surface area contributed by atoms with Gasteiger partial charge in [0.2, 0.25) is 5.91 Å². The Kier molecular flexibility index (Phi) is 7.81. The van der Waals surface area contributed by atoms with Crippen molar-refractivity contribution in [2.45, 2.75) is 57.2 Å². The van der Waals surface area contributed by atoms with Crippen LogP contribution in [-0.2, 0) is 29.4 Å². The fraction of sp³-hybridized carbons (Fsp3) is 0.440. The highest BCUT2D eigenvalue weighted by atomic mass is 32.2. The number of nitrogens with zero attached hydrogens (tertiary/aromatic N) is 3. The zero-order chi connectivity index (χ0) is 25.1. The highest BCUT2D eigenvalue weighted by Gasteiger charge is 2.28. The van der Waals surface area contributed by atoms with E-state index in [0.717, 1.165) is 35.5 Å². The number of thioether (sulfide) groups is 1. The lowest BCUT2D eigenvalue weighted by molar-refractivity contribution is -0.113. The lowest BCUT2D eigenvalue weighted by Crippen LogP contribution is -2.16. The number of thiophene rings is 1. The molecule has 0 spiro atoms. The lowest BCUT2D eigenvalue weighted by atomic mass is 10.0. The van der Waals surface area contributed by atoms with Gasteiger partial charge in [-0.3, -0.25) is 4.79 Å². The molecule has 1 aromatic carbocycles. The number of rotatable bonds is 9. The number of benzene rings is 1. The summed E-state index contributed by atoms with van der Waals surface area (Å²) in [7, 11) is 3.22. The fourth-order valence-corrected chi connectivity index (χ4v) is 6.11. The molecule has 1 unspecified atom stereocenters. The molecule has 186 valence electrons. The van der Waals surface area contributed by atoms with Crippen LogP contribution >= 0.6 is 23.1 Å². The van der Waals surface area contributed by atoms with Gasteiger partial charge >= 0.3 is 5.97 Å². The first kappa shape index (κ1) is 25.2. The number of anilines is 1. The third-order valence-corrected chi connectivity index (χ3v) is 8.22. The number of hydrogen-bond acceptors (Lipinski definition) is 8. The summed E-state index contributed by atoms with van der Waals surface area (Å²) >= 11 is 2.75. The zero-order valence-electron chi connectivity index (χ0n) is 20.6. The molecule has 0 aliphatic heterocycles. The number of aryl methyl sites for hydroxylation is 1. The monoisotopic (exact) mass is 514 g/mol. The van der Waals surface area contributed by atoms with Crippen LogP contribution in [0.15, 0.2) is 29.4 Å². The van der Waals surface area contributed by atoms with Crippen molar-refractivity contribution in [3.8, 4) is 5.75 Å². The van der Waals surface area contributed by atoms with Crippen molar-refractivity contribution in [2.75, 3.05) is 18.2 Å². The first-order valence-electron chi connectivity index (χ1n) is 11.6. The number of nitrogens with one attached hydrogen (secondary N) is 1. The molecule has 1 aliphatic rings. The number of aromatic nitrogens is 3. The quantitative estimate of drug-likeness (QED) is 0.312.